The van der Waals surface area contributed by atoms with Crippen molar-refractivity contribution in [1.82, 2.24) is 0 Å². The number of nitrogens with zero attached hydrogens (tertiary/aromatic N) is 1. The van der Waals surface area contributed by atoms with E-state index in [1.54, 1.807) is 42.5 Å². The summed E-state index contributed by atoms with van der Waals surface area (Å²) in [6.45, 7) is 0.218. The van der Waals surface area contributed by atoms with Crippen LogP contribution in [-0.2, 0) is 11.3 Å². The highest BCUT2D eigenvalue weighted by atomic mass is 16.6. The van der Waals surface area contributed by atoms with E-state index >= 15 is 0 Å². The predicted octanol–water partition coefficient (Wildman–Crippen LogP) is 4.36. The summed E-state index contributed by atoms with van der Waals surface area (Å²) in [7, 11) is 1.21. The summed E-state index contributed by atoms with van der Waals surface area (Å²) in [4.78, 5) is 34.2. The van der Waals surface area contributed by atoms with Crippen LogP contribution in [0.4, 0.5) is 11.4 Å². The number of anilines is 1. The Hall–Kier alpha value is -4.20. The van der Waals surface area contributed by atoms with Gasteiger partial charge in [-0.15, -0.1) is 0 Å². The van der Waals surface area contributed by atoms with E-state index in [0.717, 1.165) is 11.1 Å². The number of ether oxygens (including phenoxy) is 1. The molecule has 8 nitrogen and oxygen atoms in total. The lowest BCUT2D eigenvalue weighted by molar-refractivity contribution is -0.384. The number of esters is 1. The van der Waals surface area contributed by atoms with Crippen molar-refractivity contribution in [3.63, 3.8) is 0 Å². The highest BCUT2D eigenvalue weighted by Gasteiger charge is 2.22. The van der Waals surface area contributed by atoms with Gasteiger partial charge < -0.3 is 15.2 Å². The van der Waals surface area contributed by atoms with E-state index in [0.29, 0.717) is 5.56 Å². The lowest BCUT2D eigenvalue weighted by Gasteiger charge is -2.12. The topological polar surface area (TPSA) is 119 Å². The van der Waals surface area contributed by atoms with Crippen molar-refractivity contribution in [2.75, 3.05) is 12.4 Å². The first-order chi connectivity index (χ1) is 14.4. The Morgan fingerprint density at radius 2 is 1.67 bits per heavy atom. The van der Waals surface area contributed by atoms with Crippen LogP contribution in [0.2, 0.25) is 0 Å². The van der Waals surface area contributed by atoms with Crippen LogP contribution in [0.25, 0.3) is 11.1 Å². The second-order valence-electron chi connectivity index (χ2n) is 6.35. The van der Waals surface area contributed by atoms with Crippen LogP contribution >= 0.6 is 0 Å². The lowest BCUT2D eigenvalue weighted by atomic mass is 9.98. The number of carboxylic acid groups (broad SMARTS) is 1. The standard InChI is InChI=1S/C22H18N2O6/c1-30-22(27)18-7-4-8-19(24(28)29)20(18)23-13-14-9-11-15(12-10-14)16-5-2-3-6-17(16)21(25)26/h2-12,23H,13H2,1H3,(H,25,26). The Bertz CT molecular complexity index is 1110. The molecule has 0 aliphatic rings. The van der Waals surface area contributed by atoms with Crippen molar-refractivity contribution in [2.24, 2.45) is 0 Å². The van der Waals surface area contributed by atoms with Crippen molar-refractivity contribution in [3.8, 4) is 11.1 Å². The number of para-hydroxylation sites is 1. The quantitative estimate of drug-likeness (QED) is 0.340. The van der Waals surface area contributed by atoms with Gasteiger partial charge in [-0.2, -0.15) is 0 Å². The SMILES string of the molecule is COC(=O)c1cccc([N+](=O)[O-])c1NCc1ccc(-c2ccccc2C(=O)O)cc1. The molecule has 0 bridgehead atoms. The van der Waals surface area contributed by atoms with Crippen molar-refractivity contribution in [1.29, 1.82) is 0 Å². The number of hydrogen-bond acceptors (Lipinski definition) is 6. The molecular formula is C22H18N2O6. The zero-order chi connectivity index (χ0) is 21.7. The van der Waals surface area contributed by atoms with Gasteiger partial charge in [-0.3, -0.25) is 10.1 Å². The number of nitrogens with one attached hydrogen (secondary N) is 1. The molecule has 0 heterocycles. The largest absolute Gasteiger partial charge is 0.478 e. The van der Waals surface area contributed by atoms with Gasteiger partial charge in [0.1, 0.15) is 5.69 Å². The van der Waals surface area contributed by atoms with Gasteiger partial charge in [0.25, 0.3) is 5.69 Å². The van der Waals surface area contributed by atoms with Gasteiger partial charge in [-0.25, -0.2) is 9.59 Å². The monoisotopic (exact) mass is 406 g/mol. The van der Waals surface area contributed by atoms with Crippen LogP contribution in [0.5, 0.6) is 0 Å². The molecule has 0 saturated carbocycles. The molecule has 3 aromatic rings. The normalized spacial score (nSPS) is 10.3. The number of nitro groups is 1. The summed E-state index contributed by atoms with van der Waals surface area (Å²) in [6, 6.07) is 18.0. The van der Waals surface area contributed by atoms with Gasteiger partial charge in [0.05, 0.1) is 23.2 Å². The van der Waals surface area contributed by atoms with Crippen LogP contribution in [0.3, 0.4) is 0 Å². The van der Waals surface area contributed by atoms with E-state index in [9.17, 15) is 24.8 Å². The summed E-state index contributed by atoms with van der Waals surface area (Å²) in [5.41, 5.74) is 2.23. The first kappa shape index (κ1) is 20.5. The van der Waals surface area contributed by atoms with Gasteiger partial charge in [0.2, 0.25) is 0 Å². The van der Waals surface area contributed by atoms with Gasteiger partial charge in [0.15, 0.2) is 0 Å². The number of rotatable bonds is 7. The molecule has 3 rings (SSSR count). The summed E-state index contributed by atoms with van der Waals surface area (Å²) in [5, 5.41) is 23.6. The molecule has 0 atom stereocenters. The third-order valence-corrected chi connectivity index (χ3v) is 4.54. The van der Waals surface area contributed by atoms with Crippen molar-refractivity contribution in [3.05, 3.63) is 93.5 Å². The van der Waals surface area contributed by atoms with Crippen LogP contribution in [0.1, 0.15) is 26.3 Å². The molecule has 0 unspecified atom stereocenters. The summed E-state index contributed by atoms with van der Waals surface area (Å²) in [5.74, 6) is -1.69. The number of carbonyl (C=O) groups excluding carboxylic acids is 1. The van der Waals surface area contributed by atoms with Crippen molar-refractivity contribution in [2.45, 2.75) is 6.54 Å². The zero-order valence-corrected chi connectivity index (χ0v) is 16.0. The van der Waals surface area contributed by atoms with Crippen molar-refractivity contribution < 1.29 is 24.4 Å². The molecule has 0 radical (unpaired) electrons. The average Bonchev–Trinajstić information content (AvgIpc) is 2.77. The first-order valence-electron chi connectivity index (χ1n) is 8.93. The minimum absolute atomic E-state index is 0.0682. The van der Waals surface area contributed by atoms with Gasteiger partial charge in [0, 0.05) is 12.6 Å². The number of carbonyl (C=O) groups is 2. The highest BCUT2D eigenvalue weighted by molar-refractivity contribution is 5.98. The molecule has 0 saturated heterocycles. The van der Waals surface area contributed by atoms with Gasteiger partial charge >= 0.3 is 11.9 Å². The van der Waals surface area contributed by atoms with E-state index in [2.05, 4.69) is 5.32 Å². The summed E-state index contributed by atoms with van der Waals surface area (Å²) < 4.78 is 4.71. The minimum Gasteiger partial charge on any atom is -0.478 e. The second-order valence-corrected chi connectivity index (χ2v) is 6.35. The van der Waals surface area contributed by atoms with E-state index in [-0.39, 0.29) is 29.0 Å². The third-order valence-electron chi connectivity index (χ3n) is 4.54. The number of nitro benzene ring substituents is 1. The molecule has 30 heavy (non-hydrogen) atoms. The summed E-state index contributed by atoms with van der Waals surface area (Å²) in [6.07, 6.45) is 0. The number of hydrogen-bond donors (Lipinski definition) is 2. The minimum atomic E-state index is -1.01. The third kappa shape index (κ3) is 4.27. The molecule has 0 aliphatic heterocycles. The molecule has 0 spiro atoms. The molecule has 152 valence electrons. The number of benzene rings is 3. The molecule has 0 amide bonds. The smallest absolute Gasteiger partial charge is 0.340 e. The summed E-state index contributed by atoms with van der Waals surface area (Å²) >= 11 is 0. The zero-order valence-electron chi connectivity index (χ0n) is 16.0. The number of aromatic carboxylic acids is 1. The molecule has 8 heteroatoms. The van der Waals surface area contributed by atoms with Gasteiger partial charge in [-0.05, 0) is 28.8 Å². The fourth-order valence-corrected chi connectivity index (χ4v) is 3.07. The maximum atomic E-state index is 12.0. The van der Waals surface area contributed by atoms with Crippen LogP contribution in [-0.4, -0.2) is 29.1 Å². The number of methoxy groups -OCH3 is 1. The van der Waals surface area contributed by atoms with Crippen LogP contribution < -0.4 is 5.32 Å². The Labute approximate surface area is 171 Å². The highest BCUT2D eigenvalue weighted by Crippen LogP contribution is 2.30. The van der Waals surface area contributed by atoms with Gasteiger partial charge in [-0.1, -0.05) is 48.5 Å². The predicted molar refractivity (Wildman–Crippen MR) is 111 cm³/mol. The molecule has 0 aromatic heterocycles. The van der Waals surface area contributed by atoms with Crippen molar-refractivity contribution >= 4 is 23.3 Å². The van der Waals surface area contributed by atoms with Crippen LogP contribution in [0.15, 0.2) is 66.7 Å². The van der Waals surface area contributed by atoms with E-state index in [1.807, 2.05) is 0 Å². The fourth-order valence-electron chi connectivity index (χ4n) is 3.07. The lowest BCUT2D eigenvalue weighted by Crippen LogP contribution is -2.10. The maximum absolute atomic E-state index is 12.0. The average molecular weight is 406 g/mol. The second kappa shape index (κ2) is 8.87. The molecule has 0 aliphatic carbocycles. The first-order valence-corrected chi connectivity index (χ1v) is 8.93. The Morgan fingerprint density at radius 3 is 2.30 bits per heavy atom. The van der Waals surface area contributed by atoms with E-state index < -0.39 is 16.9 Å². The molecular weight excluding hydrogens is 388 g/mol. The Balaban J connectivity index is 1.85. The van der Waals surface area contributed by atoms with E-state index in [4.69, 9.17) is 4.74 Å². The Kier molecular flexibility index (Phi) is 6.07. The van der Waals surface area contributed by atoms with Crippen LogP contribution in [0, 0.1) is 10.1 Å². The molecule has 0 fully saturated rings. The maximum Gasteiger partial charge on any atom is 0.340 e. The molecule has 3 aromatic carbocycles. The fraction of sp³-hybridized carbons (Fsp3) is 0.0909. The number of carboxylic acids is 1. The Morgan fingerprint density at radius 1 is 1.00 bits per heavy atom. The molecule has 2 N–H and O–H groups in total. The van der Waals surface area contributed by atoms with E-state index in [1.165, 1.54) is 31.4 Å².